The van der Waals surface area contributed by atoms with Gasteiger partial charge in [-0.2, -0.15) is 0 Å². The van der Waals surface area contributed by atoms with Gasteiger partial charge in [-0.25, -0.2) is 4.90 Å². The summed E-state index contributed by atoms with van der Waals surface area (Å²) in [6.07, 6.45) is 1.93. The Hall–Kier alpha value is -3.18. The van der Waals surface area contributed by atoms with Crippen LogP contribution in [0.3, 0.4) is 0 Å². The van der Waals surface area contributed by atoms with Gasteiger partial charge < -0.3 is 4.90 Å². The van der Waals surface area contributed by atoms with Gasteiger partial charge in [0.1, 0.15) is 5.70 Å². The second-order valence-corrected chi connectivity index (χ2v) is 8.31. The molecule has 2 amide bonds. The number of para-hydroxylation sites is 1. The molecule has 3 heterocycles. The van der Waals surface area contributed by atoms with Crippen molar-refractivity contribution in [2.45, 2.75) is 19.8 Å². The Labute approximate surface area is 173 Å². The Morgan fingerprint density at radius 1 is 0.897 bits per heavy atom. The fourth-order valence-electron chi connectivity index (χ4n) is 4.11. The van der Waals surface area contributed by atoms with Crippen molar-refractivity contribution >= 4 is 40.1 Å². The maximum atomic E-state index is 13.6. The number of amides is 2. The molecule has 5 heteroatoms. The molecule has 2 aromatic carbocycles. The fourth-order valence-corrected chi connectivity index (χ4v) is 4.87. The number of carbonyl (C=O) groups is 2. The number of nitrogens with zero attached hydrogens (tertiary/aromatic N) is 2. The van der Waals surface area contributed by atoms with E-state index < -0.39 is 0 Å². The molecule has 5 rings (SSSR count). The van der Waals surface area contributed by atoms with Gasteiger partial charge in [0.25, 0.3) is 11.8 Å². The highest BCUT2D eigenvalue weighted by atomic mass is 32.1. The first kappa shape index (κ1) is 17.9. The van der Waals surface area contributed by atoms with Crippen LogP contribution in [0.2, 0.25) is 0 Å². The van der Waals surface area contributed by atoms with E-state index in [9.17, 15) is 9.59 Å². The van der Waals surface area contributed by atoms with Crippen LogP contribution in [0.25, 0.3) is 5.57 Å². The predicted octanol–water partition coefficient (Wildman–Crippen LogP) is 4.79. The number of aryl methyl sites for hydroxylation is 2. The molecule has 0 atom stereocenters. The van der Waals surface area contributed by atoms with Gasteiger partial charge >= 0.3 is 0 Å². The minimum absolute atomic E-state index is 0.251. The van der Waals surface area contributed by atoms with Crippen LogP contribution < -0.4 is 9.80 Å². The molecule has 0 spiro atoms. The molecule has 0 saturated carbocycles. The highest BCUT2D eigenvalue weighted by molar-refractivity contribution is 7.11. The van der Waals surface area contributed by atoms with E-state index in [4.69, 9.17) is 0 Å². The fraction of sp³-hybridized carbons (Fsp3) is 0.167. The lowest BCUT2D eigenvalue weighted by Crippen LogP contribution is -2.37. The Kier molecular flexibility index (Phi) is 4.32. The second-order valence-electron chi connectivity index (χ2n) is 7.37. The molecule has 0 aliphatic carbocycles. The number of anilines is 2. The van der Waals surface area contributed by atoms with Crippen molar-refractivity contribution in [3.05, 3.63) is 87.7 Å². The summed E-state index contributed by atoms with van der Waals surface area (Å²) in [5.74, 6) is -0.502. The highest BCUT2D eigenvalue weighted by Crippen LogP contribution is 2.40. The molecular weight excluding hydrogens is 380 g/mol. The SMILES string of the molecule is Cc1ccc(N2C(=O)C(c3cccs3)=C(N3CCCc4ccccc43)C2=O)cc1. The topological polar surface area (TPSA) is 40.6 Å². The third kappa shape index (κ3) is 2.89. The number of benzene rings is 2. The maximum absolute atomic E-state index is 13.6. The van der Waals surface area contributed by atoms with E-state index in [0.29, 0.717) is 17.0 Å². The number of fused-ring (bicyclic) bond motifs is 1. The first-order valence-electron chi connectivity index (χ1n) is 9.74. The monoisotopic (exact) mass is 400 g/mol. The average molecular weight is 401 g/mol. The van der Waals surface area contributed by atoms with Gasteiger partial charge in [-0.15, -0.1) is 11.3 Å². The van der Waals surface area contributed by atoms with E-state index in [2.05, 4.69) is 6.07 Å². The predicted molar refractivity (Wildman–Crippen MR) is 117 cm³/mol. The lowest BCUT2D eigenvalue weighted by molar-refractivity contribution is -0.120. The number of carbonyl (C=O) groups excluding carboxylic acids is 2. The van der Waals surface area contributed by atoms with E-state index in [1.54, 1.807) is 0 Å². The zero-order valence-electron chi connectivity index (χ0n) is 16.1. The smallest absolute Gasteiger partial charge is 0.282 e. The first-order chi connectivity index (χ1) is 14.1. The molecule has 0 radical (unpaired) electrons. The van der Waals surface area contributed by atoms with Crippen LogP contribution in [0.5, 0.6) is 0 Å². The normalized spacial score (nSPS) is 16.6. The first-order valence-corrected chi connectivity index (χ1v) is 10.6. The number of imide groups is 1. The van der Waals surface area contributed by atoms with E-state index in [1.165, 1.54) is 21.8 Å². The number of thiophene rings is 1. The van der Waals surface area contributed by atoms with Crippen LogP contribution >= 0.6 is 11.3 Å². The lowest BCUT2D eigenvalue weighted by Gasteiger charge is -2.32. The Morgan fingerprint density at radius 2 is 1.69 bits per heavy atom. The van der Waals surface area contributed by atoms with Gasteiger partial charge in [0.15, 0.2) is 0 Å². The molecule has 2 aliphatic rings. The van der Waals surface area contributed by atoms with Crippen molar-refractivity contribution in [2.75, 3.05) is 16.3 Å². The van der Waals surface area contributed by atoms with E-state index in [-0.39, 0.29) is 11.8 Å². The van der Waals surface area contributed by atoms with Crippen molar-refractivity contribution in [3.8, 4) is 0 Å². The van der Waals surface area contributed by atoms with Gasteiger partial charge in [-0.1, -0.05) is 42.0 Å². The zero-order valence-corrected chi connectivity index (χ0v) is 16.9. The molecule has 0 N–H and O–H groups in total. The van der Waals surface area contributed by atoms with Gasteiger partial charge in [0.05, 0.1) is 11.3 Å². The van der Waals surface area contributed by atoms with Crippen LogP contribution in [0.15, 0.2) is 71.7 Å². The van der Waals surface area contributed by atoms with E-state index >= 15 is 0 Å². The Bertz CT molecular complexity index is 1130. The highest BCUT2D eigenvalue weighted by Gasteiger charge is 2.43. The van der Waals surface area contributed by atoms with Gasteiger partial charge in [-0.05, 0) is 55.0 Å². The molecule has 0 saturated heterocycles. The summed E-state index contributed by atoms with van der Waals surface area (Å²) in [5.41, 5.74) is 4.93. The number of rotatable bonds is 3. The summed E-state index contributed by atoms with van der Waals surface area (Å²) >= 11 is 1.49. The maximum Gasteiger partial charge on any atom is 0.282 e. The number of hydrogen-bond acceptors (Lipinski definition) is 4. The van der Waals surface area contributed by atoms with E-state index in [1.807, 2.05) is 71.8 Å². The van der Waals surface area contributed by atoms with Crippen LogP contribution in [0.4, 0.5) is 11.4 Å². The summed E-state index contributed by atoms with van der Waals surface area (Å²) in [4.78, 5) is 31.3. The third-order valence-corrected chi connectivity index (χ3v) is 6.39. The molecule has 2 aliphatic heterocycles. The molecule has 0 bridgehead atoms. The molecular formula is C24H20N2O2S. The molecule has 0 unspecified atom stereocenters. The quantitative estimate of drug-likeness (QED) is 0.594. The van der Waals surface area contributed by atoms with Gasteiger partial charge in [0, 0.05) is 17.1 Å². The van der Waals surface area contributed by atoms with E-state index in [0.717, 1.165) is 35.5 Å². The zero-order chi connectivity index (χ0) is 20.0. The third-order valence-electron chi connectivity index (χ3n) is 5.50. The Balaban J connectivity index is 1.68. The van der Waals surface area contributed by atoms with Crippen molar-refractivity contribution in [1.82, 2.24) is 0 Å². The van der Waals surface area contributed by atoms with Crippen molar-refractivity contribution in [3.63, 3.8) is 0 Å². The Morgan fingerprint density at radius 3 is 2.45 bits per heavy atom. The molecule has 4 nitrogen and oxygen atoms in total. The largest absolute Gasteiger partial charge is 0.336 e. The minimum atomic E-state index is -0.251. The lowest BCUT2D eigenvalue weighted by atomic mass is 10.00. The molecule has 0 fully saturated rings. The number of hydrogen-bond donors (Lipinski definition) is 0. The second kappa shape index (κ2) is 7.01. The molecule has 1 aromatic heterocycles. The molecule has 29 heavy (non-hydrogen) atoms. The molecule has 144 valence electrons. The summed E-state index contributed by atoms with van der Waals surface area (Å²) in [6.45, 7) is 2.71. The summed E-state index contributed by atoms with van der Waals surface area (Å²) in [6, 6.07) is 19.5. The average Bonchev–Trinajstić information content (AvgIpc) is 3.35. The van der Waals surface area contributed by atoms with Crippen LogP contribution in [0.1, 0.15) is 22.4 Å². The van der Waals surface area contributed by atoms with Crippen molar-refractivity contribution < 1.29 is 9.59 Å². The van der Waals surface area contributed by atoms with Crippen LogP contribution in [-0.2, 0) is 16.0 Å². The minimum Gasteiger partial charge on any atom is -0.336 e. The van der Waals surface area contributed by atoms with Crippen LogP contribution in [-0.4, -0.2) is 18.4 Å². The summed E-state index contributed by atoms with van der Waals surface area (Å²) in [7, 11) is 0. The van der Waals surface area contributed by atoms with Gasteiger partial charge in [0.2, 0.25) is 0 Å². The van der Waals surface area contributed by atoms with Crippen molar-refractivity contribution in [1.29, 1.82) is 0 Å². The summed E-state index contributed by atoms with van der Waals surface area (Å²) < 4.78 is 0. The van der Waals surface area contributed by atoms with Crippen LogP contribution in [0, 0.1) is 6.92 Å². The molecule has 3 aromatic rings. The van der Waals surface area contributed by atoms with Crippen molar-refractivity contribution in [2.24, 2.45) is 0 Å². The standard InChI is InChI=1S/C24H20N2O2S/c1-16-10-12-18(13-11-16)26-23(27)21(20-9-5-15-29-20)22(24(26)28)25-14-4-7-17-6-2-3-8-19(17)25/h2-3,5-6,8-13,15H,4,7,14H2,1H3. The van der Waals surface area contributed by atoms with Gasteiger partial charge in [-0.3, -0.25) is 9.59 Å². The summed E-state index contributed by atoms with van der Waals surface area (Å²) in [5, 5.41) is 1.94.